The molecule has 0 saturated carbocycles. The summed E-state index contributed by atoms with van der Waals surface area (Å²) >= 11 is 0. The summed E-state index contributed by atoms with van der Waals surface area (Å²) < 4.78 is 36.5. The summed E-state index contributed by atoms with van der Waals surface area (Å²) in [5.41, 5.74) is 1.43. The number of hydrogen-bond acceptors (Lipinski definition) is 2. The van der Waals surface area contributed by atoms with E-state index in [1.165, 1.54) is 24.8 Å². The van der Waals surface area contributed by atoms with E-state index in [4.69, 9.17) is 0 Å². The number of hydrogen-bond donors (Lipinski definition) is 2. The molecule has 1 aromatic rings. The molecular weight excluding hydrogens is 365 g/mol. The van der Waals surface area contributed by atoms with E-state index in [1.54, 1.807) is 7.05 Å². The second-order valence-corrected chi connectivity index (χ2v) is 7.47. The quantitative estimate of drug-likeness (QED) is 0.377. The van der Waals surface area contributed by atoms with Crippen LogP contribution in [0.25, 0.3) is 0 Å². The summed E-state index contributed by atoms with van der Waals surface area (Å²) in [7, 11) is 1.57. The van der Waals surface area contributed by atoms with E-state index in [-0.39, 0.29) is 6.54 Å². The van der Waals surface area contributed by atoms with Gasteiger partial charge in [-0.25, -0.2) is 0 Å². The molecule has 0 aromatic heterocycles. The van der Waals surface area contributed by atoms with E-state index in [0.29, 0.717) is 5.96 Å². The molecule has 1 fully saturated rings. The Labute approximate surface area is 166 Å². The molecule has 7 heteroatoms. The predicted octanol–water partition coefficient (Wildman–Crippen LogP) is 3.84. The van der Waals surface area contributed by atoms with Gasteiger partial charge < -0.3 is 15.5 Å². The van der Waals surface area contributed by atoms with E-state index < -0.39 is 12.6 Å². The van der Waals surface area contributed by atoms with Crippen molar-refractivity contribution in [2.75, 3.05) is 39.8 Å². The van der Waals surface area contributed by atoms with Gasteiger partial charge in [-0.3, -0.25) is 4.99 Å². The van der Waals surface area contributed by atoms with Crippen LogP contribution in [0.2, 0.25) is 0 Å². The normalized spacial score (nSPS) is 16.9. The van der Waals surface area contributed by atoms with Crippen molar-refractivity contribution in [3.05, 3.63) is 35.9 Å². The Morgan fingerprint density at radius 3 is 2.39 bits per heavy atom. The molecule has 0 unspecified atom stereocenters. The number of benzene rings is 1. The highest BCUT2D eigenvalue weighted by Crippen LogP contribution is 2.21. The van der Waals surface area contributed by atoms with Crippen LogP contribution in [0.15, 0.2) is 35.3 Å². The number of rotatable bonds is 9. The van der Waals surface area contributed by atoms with Crippen LogP contribution in [-0.2, 0) is 6.42 Å². The Bertz CT molecular complexity index is 567. The standard InChI is InChI=1S/C21H33F3N4/c1-25-20(27-13-11-21(22,23)24)26-12-5-6-14-28-15-9-19(10-16-28)17-18-7-3-2-4-8-18/h2-4,7-8,19H,5-6,9-17H2,1H3,(H2,25,26,27). The molecule has 0 spiro atoms. The van der Waals surface area contributed by atoms with E-state index in [9.17, 15) is 13.2 Å². The third-order valence-electron chi connectivity index (χ3n) is 5.19. The molecular formula is C21H33F3N4. The predicted molar refractivity (Wildman–Crippen MR) is 109 cm³/mol. The van der Waals surface area contributed by atoms with Gasteiger partial charge in [0.1, 0.15) is 0 Å². The molecule has 0 radical (unpaired) electrons. The Morgan fingerprint density at radius 1 is 1.07 bits per heavy atom. The number of alkyl halides is 3. The summed E-state index contributed by atoms with van der Waals surface area (Å²) in [6, 6.07) is 10.7. The van der Waals surface area contributed by atoms with Crippen molar-refractivity contribution >= 4 is 5.96 Å². The monoisotopic (exact) mass is 398 g/mol. The Balaban J connectivity index is 1.51. The van der Waals surface area contributed by atoms with Crippen LogP contribution in [0.4, 0.5) is 13.2 Å². The highest BCUT2D eigenvalue weighted by molar-refractivity contribution is 5.79. The Kier molecular flexibility index (Phi) is 9.61. The highest BCUT2D eigenvalue weighted by Gasteiger charge is 2.26. The highest BCUT2D eigenvalue weighted by atomic mass is 19.4. The minimum Gasteiger partial charge on any atom is -0.356 e. The topological polar surface area (TPSA) is 39.7 Å². The van der Waals surface area contributed by atoms with Gasteiger partial charge in [-0.15, -0.1) is 0 Å². The molecule has 0 amide bonds. The van der Waals surface area contributed by atoms with Crippen molar-refractivity contribution in [1.29, 1.82) is 0 Å². The number of nitrogens with one attached hydrogen (secondary N) is 2. The first kappa shape index (κ1) is 22.5. The van der Waals surface area contributed by atoms with Gasteiger partial charge in [-0.1, -0.05) is 30.3 Å². The minimum absolute atomic E-state index is 0.152. The fourth-order valence-corrected chi connectivity index (χ4v) is 3.57. The fourth-order valence-electron chi connectivity index (χ4n) is 3.57. The van der Waals surface area contributed by atoms with E-state index in [0.717, 1.165) is 44.9 Å². The largest absolute Gasteiger partial charge is 0.390 e. The summed E-state index contributed by atoms with van der Waals surface area (Å²) in [6.07, 6.45) is 0.749. The lowest BCUT2D eigenvalue weighted by molar-refractivity contribution is -0.132. The molecule has 1 aromatic carbocycles. The van der Waals surface area contributed by atoms with E-state index >= 15 is 0 Å². The van der Waals surface area contributed by atoms with Crippen LogP contribution < -0.4 is 10.6 Å². The van der Waals surface area contributed by atoms with Crippen LogP contribution in [0.3, 0.4) is 0 Å². The average Bonchev–Trinajstić information content (AvgIpc) is 2.67. The van der Waals surface area contributed by atoms with Crippen LogP contribution in [-0.4, -0.2) is 56.8 Å². The number of piperidine rings is 1. The van der Waals surface area contributed by atoms with Crippen molar-refractivity contribution < 1.29 is 13.2 Å². The molecule has 1 aliphatic heterocycles. The van der Waals surface area contributed by atoms with Crippen molar-refractivity contribution in [3.8, 4) is 0 Å². The molecule has 0 atom stereocenters. The molecule has 2 rings (SSSR count). The van der Waals surface area contributed by atoms with E-state index in [1.807, 2.05) is 0 Å². The molecule has 158 valence electrons. The second kappa shape index (κ2) is 11.9. The summed E-state index contributed by atoms with van der Waals surface area (Å²) in [5.74, 6) is 1.22. The molecule has 1 saturated heterocycles. The van der Waals surface area contributed by atoms with Gasteiger partial charge in [0.2, 0.25) is 0 Å². The average molecular weight is 399 g/mol. The van der Waals surface area contributed by atoms with Gasteiger partial charge in [0.05, 0.1) is 6.42 Å². The fraction of sp³-hybridized carbons (Fsp3) is 0.667. The minimum atomic E-state index is -4.14. The molecule has 0 bridgehead atoms. The Hall–Kier alpha value is -1.76. The zero-order chi connectivity index (χ0) is 20.2. The summed E-state index contributed by atoms with van der Waals surface area (Å²) in [5, 5.41) is 5.78. The van der Waals surface area contributed by atoms with Crippen LogP contribution in [0.1, 0.15) is 37.7 Å². The first-order valence-electron chi connectivity index (χ1n) is 10.2. The number of aliphatic imine (C=N–C) groups is 1. The van der Waals surface area contributed by atoms with Gasteiger partial charge in [-0.05, 0) is 63.2 Å². The van der Waals surface area contributed by atoms with Crippen molar-refractivity contribution in [1.82, 2.24) is 15.5 Å². The Morgan fingerprint density at radius 2 is 1.75 bits per heavy atom. The molecule has 0 aliphatic carbocycles. The van der Waals surface area contributed by atoms with Gasteiger partial charge in [0.25, 0.3) is 0 Å². The lowest BCUT2D eigenvalue weighted by Crippen LogP contribution is -2.39. The first-order chi connectivity index (χ1) is 13.5. The van der Waals surface area contributed by atoms with Gasteiger partial charge in [-0.2, -0.15) is 13.2 Å². The lowest BCUT2D eigenvalue weighted by atomic mass is 9.90. The van der Waals surface area contributed by atoms with Crippen molar-refractivity contribution in [3.63, 3.8) is 0 Å². The number of unbranched alkanes of at least 4 members (excludes halogenated alkanes) is 1. The third-order valence-corrected chi connectivity index (χ3v) is 5.19. The lowest BCUT2D eigenvalue weighted by Gasteiger charge is -2.32. The molecule has 2 N–H and O–H groups in total. The van der Waals surface area contributed by atoms with Crippen LogP contribution >= 0.6 is 0 Å². The first-order valence-corrected chi connectivity index (χ1v) is 10.2. The van der Waals surface area contributed by atoms with Crippen molar-refractivity contribution in [2.45, 2.75) is 44.7 Å². The van der Waals surface area contributed by atoms with Gasteiger partial charge in [0, 0.05) is 20.1 Å². The smallest absolute Gasteiger partial charge is 0.356 e. The zero-order valence-corrected chi connectivity index (χ0v) is 16.8. The SMILES string of the molecule is CN=C(NCCCCN1CCC(Cc2ccccc2)CC1)NCCC(F)(F)F. The van der Waals surface area contributed by atoms with Gasteiger partial charge >= 0.3 is 6.18 Å². The maximum absolute atomic E-state index is 12.2. The second-order valence-electron chi connectivity index (χ2n) is 7.47. The summed E-state index contributed by atoms with van der Waals surface area (Å²) in [6.45, 7) is 3.97. The molecule has 4 nitrogen and oxygen atoms in total. The van der Waals surface area contributed by atoms with E-state index in [2.05, 4.69) is 50.9 Å². The zero-order valence-electron chi connectivity index (χ0n) is 16.8. The van der Waals surface area contributed by atoms with Crippen LogP contribution in [0.5, 0.6) is 0 Å². The summed E-state index contributed by atoms with van der Waals surface area (Å²) in [4.78, 5) is 6.48. The van der Waals surface area contributed by atoms with Crippen molar-refractivity contribution in [2.24, 2.45) is 10.9 Å². The maximum atomic E-state index is 12.2. The third kappa shape index (κ3) is 9.44. The number of guanidine groups is 1. The molecule has 28 heavy (non-hydrogen) atoms. The number of nitrogens with zero attached hydrogens (tertiary/aromatic N) is 2. The number of likely N-dealkylation sites (tertiary alicyclic amines) is 1. The maximum Gasteiger partial charge on any atom is 0.390 e. The molecule has 1 heterocycles. The van der Waals surface area contributed by atoms with Crippen LogP contribution in [0, 0.1) is 5.92 Å². The number of halogens is 3. The molecule has 1 aliphatic rings. The van der Waals surface area contributed by atoms with Gasteiger partial charge in [0.15, 0.2) is 5.96 Å².